The van der Waals surface area contributed by atoms with Gasteiger partial charge in [-0.15, -0.1) is 0 Å². The standard InChI is InChI=1S/C29H26N4O3/c34-24-14-15-26-29(20-10-4-7-13-25(20)36-26)21(24)17-30-32-28(35)18-33-23-12-6-5-11-22(23)31-27(33)16-19-8-2-1-3-9-19/h1-3,5-6,8-9,11-12,14-15,17,34H,4,7,10,13,16,18H2,(H,32,35)/b30-17+. The van der Waals surface area contributed by atoms with Crippen LogP contribution in [0.3, 0.4) is 0 Å². The second-order valence-electron chi connectivity index (χ2n) is 9.14. The summed E-state index contributed by atoms with van der Waals surface area (Å²) in [6.07, 6.45) is 6.14. The van der Waals surface area contributed by atoms with Crippen LogP contribution in [0.5, 0.6) is 5.75 Å². The van der Waals surface area contributed by atoms with Gasteiger partial charge in [0.15, 0.2) is 0 Å². The Kier molecular flexibility index (Phi) is 5.73. The molecule has 2 heterocycles. The van der Waals surface area contributed by atoms with Crippen LogP contribution in [-0.4, -0.2) is 26.8 Å². The molecule has 2 aromatic heterocycles. The van der Waals surface area contributed by atoms with Gasteiger partial charge in [-0.05, 0) is 49.1 Å². The average Bonchev–Trinajstić information content (AvgIpc) is 3.44. The van der Waals surface area contributed by atoms with Crippen LogP contribution in [0.4, 0.5) is 0 Å². The topological polar surface area (TPSA) is 92.7 Å². The Morgan fingerprint density at radius 1 is 1.06 bits per heavy atom. The number of hydrogen-bond donors (Lipinski definition) is 2. The van der Waals surface area contributed by atoms with E-state index in [-0.39, 0.29) is 18.2 Å². The molecule has 180 valence electrons. The molecule has 5 aromatic rings. The third kappa shape index (κ3) is 4.13. The van der Waals surface area contributed by atoms with Gasteiger partial charge < -0.3 is 14.1 Å². The van der Waals surface area contributed by atoms with Crippen molar-refractivity contribution in [3.63, 3.8) is 0 Å². The van der Waals surface area contributed by atoms with Crippen LogP contribution in [0, 0.1) is 0 Å². The van der Waals surface area contributed by atoms with E-state index in [1.54, 1.807) is 12.1 Å². The number of nitrogens with one attached hydrogen (secondary N) is 1. The number of fused-ring (bicyclic) bond motifs is 4. The van der Waals surface area contributed by atoms with Crippen molar-refractivity contribution in [2.24, 2.45) is 5.10 Å². The number of aromatic hydroxyl groups is 1. The Bertz CT molecular complexity index is 1600. The van der Waals surface area contributed by atoms with Crippen molar-refractivity contribution in [3.05, 3.63) is 95.0 Å². The second-order valence-corrected chi connectivity index (χ2v) is 9.14. The monoisotopic (exact) mass is 478 g/mol. The molecule has 1 aliphatic carbocycles. The molecule has 2 N–H and O–H groups in total. The number of phenolic OH excluding ortho intramolecular Hbond substituents is 1. The number of hydrogen-bond acceptors (Lipinski definition) is 5. The summed E-state index contributed by atoms with van der Waals surface area (Å²) >= 11 is 0. The van der Waals surface area contributed by atoms with Gasteiger partial charge in [0.1, 0.15) is 29.5 Å². The number of aromatic nitrogens is 2. The van der Waals surface area contributed by atoms with Crippen molar-refractivity contribution in [2.75, 3.05) is 0 Å². The lowest BCUT2D eigenvalue weighted by atomic mass is 9.94. The molecule has 1 amide bonds. The number of aryl methyl sites for hydroxylation is 2. The van der Waals surface area contributed by atoms with Gasteiger partial charge in [-0.3, -0.25) is 4.79 Å². The molecule has 1 aliphatic rings. The maximum Gasteiger partial charge on any atom is 0.260 e. The first-order valence-electron chi connectivity index (χ1n) is 12.2. The number of benzene rings is 3. The Morgan fingerprint density at radius 3 is 2.75 bits per heavy atom. The summed E-state index contributed by atoms with van der Waals surface area (Å²) in [5, 5.41) is 15.6. The van der Waals surface area contributed by atoms with Gasteiger partial charge in [0.05, 0.1) is 17.2 Å². The van der Waals surface area contributed by atoms with Crippen LogP contribution in [-0.2, 0) is 30.6 Å². The van der Waals surface area contributed by atoms with Crippen LogP contribution < -0.4 is 5.43 Å². The van der Waals surface area contributed by atoms with E-state index in [1.807, 2.05) is 47.0 Å². The maximum absolute atomic E-state index is 12.9. The maximum atomic E-state index is 12.9. The van der Waals surface area contributed by atoms with Gasteiger partial charge in [0, 0.05) is 29.4 Å². The Balaban J connectivity index is 1.25. The van der Waals surface area contributed by atoms with Crippen molar-refractivity contribution in [1.82, 2.24) is 15.0 Å². The smallest absolute Gasteiger partial charge is 0.260 e. The average molecular weight is 479 g/mol. The quantitative estimate of drug-likeness (QED) is 0.262. The van der Waals surface area contributed by atoms with Crippen LogP contribution in [0.1, 0.15) is 41.1 Å². The molecule has 0 atom stereocenters. The molecular formula is C29H26N4O3. The van der Waals surface area contributed by atoms with Gasteiger partial charge >= 0.3 is 0 Å². The molecule has 0 radical (unpaired) electrons. The number of furan rings is 1. The number of para-hydroxylation sites is 2. The van der Waals surface area contributed by atoms with Crippen LogP contribution in [0.25, 0.3) is 22.0 Å². The molecule has 36 heavy (non-hydrogen) atoms. The minimum atomic E-state index is -0.274. The van der Waals surface area contributed by atoms with Crippen molar-refractivity contribution in [1.29, 1.82) is 0 Å². The highest BCUT2D eigenvalue weighted by Gasteiger charge is 2.21. The van der Waals surface area contributed by atoms with Crippen molar-refractivity contribution < 1.29 is 14.3 Å². The first-order valence-corrected chi connectivity index (χ1v) is 12.2. The second kappa shape index (κ2) is 9.34. The zero-order valence-electron chi connectivity index (χ0n) is 19.8. The number of imidazole rings is 1. The molecule has 6 rings (SSSR count). The summed E-state index contributed by atoms with van der Waals surface area (Å²) in [7, 11) is 0. The van der Waals surface area contributed by atoms with Gasteiger partial charge in [-0.25, -0.2) is 10.4 Å². The van der Waals surface area contributed by atoms with Crippen molar-refractivity contribution >= 4 is 34.1 Å². The van der Waals surface area contributed by atoms with E-state index in [0.29, 0.717) is 12.0 Å². The lowest BCUT2D eigenvalue weighted by Crippen LogP contribution is -2.24. The molecular weight excluding hydrogens is 452 g/mol. The fourth-order valence-corrected chi connectivity index (χ4v) is 5.07. The molecule has 0 saturated carbocycles. The number of hydrazone groups is 1. The largest absolute Gasteiger partial charge is 0.507 e. The van der Waals surface area contributed by atoms with Gasteiger partial charge in [0.25, 0.3) is 5.91 Å². The number of rotatable bonds is 6. The highest BCUT2D eigenvalue weighted by molar-refractivity contribution is 6.03. The molecule has 7 heteroatoms. The van der Waals surface area contributed by atoms with Crippen LogP contribution >= 0.6 is 0 Å². The highest BCUT2D eigenvalue weighted by Crippen LogP contribution is 2.36. The van der Waals surface area contributed by atoms with Crippen LogP contribution in [0.2, 0.25) is 0 Å². The van der Waals surface area contributed by atoms with E-state index in [2.05, 4.69) is 22.7 Å². The van der Waals surface area contributed by atoms with E-state index < -0.39 is 0 Å². The zero-order valence-corrected chi connectivity index (χ0v) is 19.8. The summed E-state index contributed by atoms with van der Waals surface area (Å²) in [6.45, 7) is 0.0807. The van der Waals surface area contributed by atoms with Crippen molar-refractivity contribution in [3.8, 4) is 5.75 Å². The van der Waals surface area contributed by atoms with Gasteiger partial charge in [0.2, 0.25) is 0 Å². The summed E-state index contributed by atoms with van der Waals surface area (Å²) in [5.74, 6) is 1.64. The molecule has 0 unspecified atom stereocenters. The first kappa shape index (κ1) is 22.1. The predicted molar refractivity (Wildman–Crippen MR) is 139 cm³/mol. The number of nitrogens with zero attached hydrogens (tertiary/aromatic N) is 3. The third-order valence-corrected chi connectivity index (χ3v) is 6.76. The molecule has 7 nitrogen and oxygen atoms in total. The summed E-state index contributed by atoms with van der Waals surface area (Å²) in [5.41, 5.74) is 7.94. The SMILES string of the molecule is O=C(Cn1c(Cc2ccccc2)nc2ccccc21)N/N=C/c1c(O)ccc2oc3c(c12)CCCC3. The lowest BCUT2D eigenvalue weighted by molar-refractivity contribution is -0.121. The molecule has 0 bridgehead atoms. The molecule has 0 fully saturated rings. The van der Waals surface area contributed by atoms with E-state index in [9.17, 15) is 9.90 Å². The minimum Gasteiger partial charge on any atom is -0.507 e. The van der Waals surface area contributed by atoms with E-state index in [4.69, 9.17) is 9.40 Å². The predicted octanol–water partition coefficient (Wildman–Crippen LogP) is 5.11. The van der Waals surface area contributed by atoms with E-state index in [1.165, 1.54) is 6.21 Å². The zero-order chi connectivity index (χ0) is 24.5. The number of carbonyl (C=O) groups excluding carboxylic acids is 1. The lowest BCUT2D eigenvalue weighted by Gasteiger charge is -2.10. The number of phenols is 1. The van der Waals surface area contributed by atoms with Crippen molar-refractivity contribution in [2.45, 2.75) is 38.6 Å². The normalized spacial score (nSPS) is 13.4. The van der Waals surface area contributed by atoms with E-state index in [0.717, 1.165) is 70.4 Å². The van der Waals surface area contributed by atoms with Gasteiger partial charge in [-0.2, -0.15) is 5.10 Å². The number of carbonyl (C=O) groups is 1. The Labute approximate surface area is 208 Å². The first-order chi connectivity index (χ1) is 17.7. The molecule has 0 aliphatic heterocycles. The Hall–Kier alpha value is -4.39. The fraction of sp³-hybridized carbons (Fsp3) is 0.207. The fourth-order valence-electron chi connectivity index (χ4n) is 5.07. The molecule has 3 aromatic carbocycles. The summed E-state index contributed by atoms with van der Waals surface area (Å²) in [4.78, 5) is 17.7. The van der Waals surface area contributed by atoms with Gasteiger partial charge in [-0.1, -0.05) is 42.5 Å². The Morgan fingerprint density at radius 2 is 1.86 bits per heavy atom. The molecule has 0 saturated heterocycles. The minimum absolute atomic E-state index is 0.0807. The summed E-state index contributed by atoms with van der Waals surface area (Å²) < 4.78 is 7.94. The van der Waals surface area contributed by atoms with E-state index >= 15 is 0 Å². The highest BCUT2D eigenvalue weighted by atomic mass is 16.3. The van der Waals surface area contributed by atoms with Crippen LogP contribution in [0.15, 0.2) is 76.2 Å². The molecule has 0 spiro atoms. The summed E-state index contributed by atoms with van der Waals surface area (Å²) in [6, 6.07) is 21.3. The number of amides is 1. The third-order valence-electron chi connectivity index (χ3n) is 6.76.